The van der Waals surface area contributed by atoms with Crippen LogP contribution < -0.4 is 15.4 Å². The Morgan fingerprint density at radius 1 is 1.17 bits per heavy atom. The molecule has 7 heteroatoms. The number of ether oxygens (including phenoxy) is 1. The van der Waals surface area contributed by atoms with Crippen LogP contribution in [0.2, 0.25) is 0 Å². The van der Waals surface area contributed by atoms with E-state index in [1.807, 2.05) is 19.9 Å². The van der Waals surface area contributed by atoms with Crippen molar-refractivity contribution in [2.45, 2.75) is 25.8 Å². The fraction of sp³-hybridized carbons (Fsp3) is 0.235. The third-order valence-electron chi connectivity index (χ3n) is 3.97. The Hall–Kier alpha value is -2.67. The molecule has 1 aliphatic rings. The second-order valence-corrected chi connectivity index (χ2v) is 6.78. The smallest absolute Gasteiger partial charge is 0.353 e. The lowest BCUT2D eigenvalue weighted by Crippen LogP contribution is -2.43. The Labute approximate surface area is 142 Å². The predicted octanol–water partition coefficient (Wildman–Crippen LogP) is 2.72. The third-order valence-corrected chi connectivity index (χ3v) is 4.95. The lowest BCUT2D eigenvalue weighted by Gasteiger charge is -2.24. The zero-order valence-electron chi connectivity index (χ0n) is 13.2. The van der Waals surface area contributed by atoms with Gasteiger partial charge in [0.05, 0.1) is 0 Å². The van der Waals surface area contributed by atoms with Crippen LogP contribution in [0, 0.1) is 6.92 Å². The number of amides is 3. The second-order valence-electron chi connectivity index (χ2n) is 5.49. The number of hydrogen-bond donors (Lipinski definition) is 2. The molecule has 0 aliphatic carbocycles. The van der Waals surface area contributed by atoms with Crippen molar-refractivity contribution in [2.24, 2.45) is 0 Å². The van der Waals surface area contributed by atoms with Gasteiger partial charge in [-0.15, -0.1) is 11.3 Å². The molecule has 3 amide bonds. The molecule has 1 aromatic carbocycles. The SMILES string of the molecule is CC[C@]1(c2ccc(OC(=O)c3ccc(C)s3)cc2)NC(=O)NC1=O. The van der Waals surface area contributed by atoms with Crippen molar-refractivity contribution in [3.05, 3.63) is 51.7 Å². The fourth-order valence-electron chi connectivity index (χ4n) is 2.66. The van der Waals surface area contributed by atoms with Gasteiger partial charge in [0.2, 0.25) is 0 Å². The summed E-state index contributed by atoms with van der Waals surface area (Å²) in [6.45, 7) is 3.74. The van der Waals surface area contributed by atoms with E-state index in [0.29, 0.717) is 22.6 Å². The first-order valence-corrected chi connectivity index (χ1v) is 8.29. The van der Waals surface area contributed by atoms with E-state index < -0.39 is 17.5 Å². The number of rotatable bonds is 4. The summed E-state index contributed by atoms with van der Waals surface area (Å²) in [4.78, 5) is 37.2. The predicted molar refractivity (Wildman–Crippen MR) is 89.1 cm³/mol. The first kappa shape index (κ1) is 16.2. The van der Waals surface area contributed by atoms with Gasteiger partial charge in [0.1, 0.15) is 16.2 Å². The van der Waals surface area contributed by atoms with Crippen LogP contribution in [0.1, 0.15) is 33.5 Å². The standard InChI is InChI=1S/C17H16N2O4S/c1-3-17(15(21)18-16(22)19-17)11-5-7-12(8-6-11)23-14(20)13-9-4-10(2)24-13/h4-9H,3H2,1-2H3,(H2,18,19,21,22)/t17-/m1/s1. The summed E-state index contributed by atoms with van der Waals surface area (Å²) in [5.74, 6) is -0.419. The largest absolute Gasteiger partial charge is 0.422 e. The number of thiophene rings is 1. The van der Waals surface area contributed by atoms with E-state index in [-0.39, 0.29) is 5.91 Å². The van der Waals surface area contributed by atoms with Gasteiger partial charge in [-0.05, 0) is 43.2 Å². The van der Waals surface area contributed by atoms with Gasteiger partial charge in [0.15, 0.2) is 0 Å². The van der Waals surface area contributed by atoms with Gasteiger partial charge in [-0.2, -0.15) is 0 Å². The summed E-state index contributed by atoms with van der Waals surface area (Å²) in [6.07, 6.45) is 0.415. The van der Waals surface area contributed by atoms with Crippen molar-refractivity contribution < 1.29 is 19.1 Å². The molecule has 6 nitrogen and oxygen atoms in total. The highest BCUT2D eigenvalue weighted by Crippen LogP contribution is 2.30. The fourth-order valence-corrected chi connectivity index (χ4v) is 3.40. The van der Waals surface area contributed by atoms with Gasteiger partial charge in [0.25, 0.3) is 5.91 Å². The van der Waals surface area contributed by atoms with E-state index in [4.69, 9.17) is 4.74 Å². The van der Waals surface area contributed by atoms with Crippen LogP contribution >= 0.6 is 11.3 Å². The van der Waals surface area contributed by atoms with Crippen LogP contribution in [0.25, 0.3) is 0 Å². The van der Waals surface area contributed by atoms with Crippen molar-refractivity contribution >= 4 is 29.2 Å². The number of esters is 1. The van der Waals surface area contributed by atoms with Crippen LogP contribution in [0.3, 0.4) is 0 Å². The summed E-state index contributed by atoms with van der Waals surface area (Å²) in [5, 5.41) is 4.92. The zero-order chi connectivity index (χ0) is 17.3. The molecule has 3 rings (SSSR count). The quantitative estimate of drug-likeness (QED) is 0.507. The first-order chi connectivity index (χ1) is 11.4. The number of benzene rings is 1. The molecule has 124 valence electrons. The Bertz CT molecular complexity index is 812. The van der Waals surface area contributed by atoms with Crippen LogP contribution in [0.15, 0.2) is 36.4 Å². The second kappa shape index (κ2) is 6.09. The lowest BCUT2D eigenvalue weighted by molar-refractivity contribution is -0.124. The molecule has 0 saturated carbocycles. The molecule has 1 fully saturated rings. The molecule has 1 saturated heterocycles. The summed E-state index contributed by atoms with van der Waals surface area (Å²) in [7, 11) is 0. The summed E-state index contributed by atoms with van der Waals surface area (Å²) >= 11 is 1.37. The van der Waals surface area contributed by atoms with E-state index in [1.54, 1.807) is 30.3 Å². The van der Waals surface area contributed by atoms with E-state index in [9.17, 15) is 14.4 Å². The van der Waals surface area contributed by atoms with E-state index in [0.717, 1.165) is 4.88 Å². The maximum absolute atomic E-state index is 12.1. The maximum atomic E-state index is 12.1. The van der Waals surface area contributed by atoms with Crippen LogP contribution in [-0.2, 0) is 10.3 Å². The molecular formula is C17H16N2O4S. The highest BCUT2D eigenvalue weighted by atomic mass is 32.1. The number of aryl methyl sites for hydroxylation is 1. The maximum Gasteiger partial charge on any atom is 0.353 e. The van der Waals surface area contributed by atoms with E-state index >= 15 is 0 Å². The Morgan fingerprint density at radius 3 is 2.38 bits per heavy atom. The Kier molecular flexibility index (Phi) is 4.11. The molecule has 1 aliphatic heterocycles. The van der Waals surface area contributed by atoms with Crippen molar-refractivity contribution in [3.63, 3.8) is 0 Å². The molecule has 0 spiro atoms. The minimum absolute atomic E-state index is 0.380. The topological polar surface area (TPSA) is 84.5 Å². The Balaban J connectivity index is 1.79. The summed E-state index contributed by atoms with van der Waals surface area (Å²) < 4.78 is 5.33. The third kappa shape index (κ3) is 2.78. The average Bonchev–Trinajstić information content (AvgIpc) is 3.11. The van der Waals surface area contributed by atoms with Crippen molar-refractivity contribution in [2.75, 3.05) is 0 Å². The van der Waals surface area contributed by atoms with Gasteiger partial charge in [-0.25, -0.2) is 9.59 Å². The van der Waals surface area contributed by atoms with Crippen molar-refractivity contribution in [1.82, 2.24) is 10.6 Å². The highest BCUT2D eigenvalue weighted by molar-refractivity contribution is 7.13. The minimum atomic E-state index is -1.08. The van der Waals surface area contributed by atoms with Gasteiger partial charge >= 0.3 is 12.0 Å². The van der Waals surface area contributed by atoms with Crippen molar-refractivity contribution in [1.29, 1.82) is 0 Å². The number of nitrogens with one attached hydrogen (secondary N) is 2. The molecule has 0 radical (unpaired) electrons. The van der Waals surface area contributed by atoms with Gasteiger partial charge in [-0.3, -0.25) is 10.1 Å². The van der Waals surface area contributed by atoms with Crippen LogP contribution in [-0.4, -0.2) is 17.9 Å². The molecule has 1 atom stereocenters. The first-order valence-electron chi connectivity index (χ1n) is 7.47. The minimum Gasteiger partial charge on any atom is -0.422 e. The molecule has 24 heavy (non-hydrogen) atoms. The Morgan fingerprint density at radius 2 is 1.88 bits per heavy atom. The normalized spacial score (nSPS) is 19.8. The molecule has 0 bridgehead atoms. The number of urea groups is 1. The van der Waals surface area contributed by atoms with Crippen LogP contribution in [0.5, 0.6) is 5.75 Å². The highest BCUT2D eigenvalue weighted by Gasteiger charge is 2.46. The van der Waals surface area contributed by atoms with Gasteiger partial charge < -0.3 is 10.1 Å². The number of hydrogen-bond acceptors (Lipinski definition) is 5. The lowest BCUT2D eigenvalue weighted by atomic mass is 9.87. The van der Waals surface area contributed by atoms with Crippen LogP contribution in [0.4, 0.5) is 4.79 Å². The number of imide groups is 1. The molecule has 2 heterocycles. The summed E-state index contributed by atoms with van der Waals surface area (Å²) in [5.41, 5.74) is -0.440. The number of carbonyl (C=O) groups is 3. The molecule has 0 unspecified atom stereocenters. The van der Waals surface area contributed by atoms with E-state index in [1.165, 1.54) is 11.3 Å². The van der Waals surface area contributed by atoms with Gasteiger partial charge in [0, 0.05) is 4.88 Å². The molecular weight excluding hydrogens is 328 g/mol. The summed E-state index contributed by atoms with van der Waals surface area (Å²) in [6, 6.07) is 9.66. The molecule has 2 aromatic rings. The zero-order valence-corrected chi connectivity index (χ0v) is 14.0. The van der Waals surface area contributed by atoms with Gasteiger partial charge in [-0.1, -0.05) is 19.1 Å². The van der Waals surface area contributed by atoms with E-state index in [2.05, 4.69) is 10.6 Å². The number of carbonyl (C=O) groups excluding carboxylic acids is 3. The average molecular weight is 344 g/mol. The van der Waals surface area contributed by atoms with Crippen molar-refractivity contribution in [3.8, 4) is 5.75 Å². The molecule has 1 aromatic heterocycles. The monoisotopic (exact) mass is 344 g/mol. The molecule has 2 N–H and O–H groups in total.